The Hall–Kier alpha value is -0.580. The van der Waals surface area contributed by atoms with Crippen LogP contribution >= 0.6 is 12.4 Å². The van der Waals surface area contributed by atoms with E-state index in [-0.39, 0.29) is 36.4 Å². The Balaban J connectivity index is 0.00000256. The van der Waals surface area contributed by atoms with Crippen molar-refractivity contribution in [1.82, 2.24) is 4.90 Å². The Morgan fingerprint density at radius 2 is 2.29 bits per heavy atom. The van der Waals surface area contributed by atoms with Crippen LogP contribution in [0, 0.1) is 5.41 Å². The number of likely N-dealkylation sites (tertiary alicyclic amines) is 1. The number of nitrogens with zero attached hydrogens (tertiary/aromatic N) is 1. The third-order valence-electron chi connectivity index (χ3n) is 3.13. The van der Waals surface area contributed by atoms with E-state index in [9.17, 15) is 4.79 Å². The van der Waals surface area contributed by atoms with Crippen LogP contribution in [0.5, 0.6) is 0 Å². The molecule has 0 radical (unpaired) electrons. The molecule has 0 bridgehead atoms. The Morgan fingerprint density at radius 1 is 1.65 bits per heavy atom. The van der Waals surface area contributed by atoms with Crippen LogP contribution in [0.1, 0.15) is 20.3 Å². The first-order valence-electron chi connectivity index (χ1n) is 5.69. The lowest BCUT2D eigenvalue weighted by Gasteiger charge is -2.42. The van der Waals surface area contributed by atoms with E-state index in [4.69, 9.17) is 10.5 Å². The molecule has 0 aromatic carbocycles. The first kappa shape index (κ1) is 16.4. The smallest absolute Gasteiger partial charge is 0.248 e. The number of hydrogen-bond donors (Lipinski definition) is 1. The van der Waals surface area contributed by atoms with Crippen LogP contribution in [0.2, 0.25) is 0 Å². The lowest BCUT2D eigenvalue weighted by atomic mass is 9.80. The number of amides is 1. The van der Waals surface area contributed by atoms with Gasteiger partial charge in [0.05, 0.1) is 6.61 Å². The zero-order valence-electron chi connectivity index (χ0n) is 10.6. The number of hydrogen-bond acceptors (Lipinski definition) is 3. The van der Waals surface area contributed by atoms with E-state index in [1.54, 1.807) is 6.08 Å². The molecule has 5 heteroatoms. The van der Waals surface area contributed by atoms with Gasteiger partial charge in [-0.05, 0) is 11.8 Å². The van der Waals surface area contributed by atoms with Gasteiger partial charge in [-0.15, -0.1) is 19.0 Å². The van der Waals surface area contributed by atoms with Crippen molar-refractivity contribution in [3.8, 4) is 0 Å². The summed E-state index contributed by atoms with van der Waals surface area (Å²) in [6.45, 7) is 9.74. The third-order valence-corrected chi connectivity index (χ3v) is 3.13. The topological polar surface area (TPSA) is 55.6 Å². The lowest BCUT2D eigenvalue weighted by molar-refractivity contribution is -0.139. The highest BCUT2D eigenvalue weighted by molar-refractivity contribution is 5.85. The molecule has 1 aliphatic rings. The van der Waals surface area contributed by atoms with Crippen molar-refractivity contribution in [3.05, 3.63) is 12.7 Å². The Labute approximate surface area is 110 Å². The fourth-order valence-corrected chi connectivity index (χ4v) is 1.91. The molecule has 4 nitrogen and oxygen atoms in total. The second-order valence-corrected chi connectivity index (χ2v) is 5.00. The van der Waals surface area contributed by atoms with Gasteiger partial charge >= 0.3 is 0 Å². The van der Waals surface area contributed by atoms with E-state index in [2.05, 4.69) is 20.4 Å². The zero-order chi connectivity index (χ0) is 12.2. The van der Waals surface area contributed by atoms with Crippen LogP contribution in [0.25, 0.3) is 0 Å². The van der Waals surface area contributed by atoms with E-state index in [0.717, 1.165) is 13.0 Å². The first-order valence-corrected chi connectivity index (χ1v) is 5.69. The number of halogens is 1. The summed E-state index contributed by atoms with van der Waals surface area (Å²) in [5, 5.41) is 0. The summed E-state index contributed by atoms with van der Waals surface area (Å²) in [6.07, 6.45) is 2.50. The molecule has 1 amide bonds. The van der Waals surface area contributed by atoms with Gasteiger partial charge in [0.2, 0.25) is 5.91 Å². The minimum absolute atomic E-state index is 0. The largest absolute Gasteiger partial charge is 0.368 e. The molecule has 0 aromatic rings. The number of piperidine rings is 1. The van der Waals surface area contributed by atoms with Crippen molar-refractivity contribution in [1.29, 1.82) is 0 Å². The highest BCUT2D eigenvalue weighted by atomic mass is 35.5. The molecular weight excluding hydrogens is 240 g/mol. The molecule has 100 valence electrons. The van der Waals surface area contributed by atoms with Crippen molar-refractivity contribution < 1.29 is 9.53 Å². The molecule has 1 atom stereocenters. The van der Waals surface area contributed by atoms with E-state index >= 15 is 0 Å². The summed E-state index contributed by atoms with van der Waals surface area (Å²) in [7, 11) is 0. The molecule has 1 heterocycles. The SMILES string of the molecule is C=CCOCC(=O)N1CCC(N)C(C)(C)C1.Cl. The third kappa shape index (κ3) is 4.66. The lowest BCUT2D eigenvalue weighted by Crippen LogP contribution is -2.54. The maximum absolute atomic E-state index is 11.8. The maximum atomic E-state index is 11.8. The number of nitrogens with two attached hydrogens (primary N) is 1. The van der Waals surface area contributed by atoms with Gasteiger partial charge in [-0.2, -0.15) is 0 Å². The Bertz CT molecular complexity index is 269. The summed E-state index contributed by atoms with van der Waals surface area (Å²) >= 11 is 0. The minimum atomic E-state index is -0.00759. The maximum Gasteiger partial charge on any atom is 0.248 e. The number of ether oxygens (including phenoxy) is 1. The van der Waals surface area contributed by atoms with Crippen LogP contribution in [0.15, 0.2) is 12.7 Å². The number of carbonyl (C=O) groups excluding carboxylic acids is 1. The Morgan fingerprint density at radius 3 is 2.82 bits per heavy atom. The van der Waals surface area contributed by atoms with Crippen molar-refractivity contribution in [2.75, 3.05) is 26.3 Å². The fraction of sp³-hybridized carbons (Fsp3) is 0.750. The normalized spacial score (nSPS) is 22.8. The molecule has 0 spiro atoms. The number of carbonyl (C=O) groups is 1. The summed E-state index contributed by atoms with van der Waals surface area (Å²) in [5.41, 5.74) is 6.01. The molecule has 1 fully saturated rings. The number of rotatable bonds is 4. The van der Waals surface area contributed by atoms with Crippen molar-refractivity contribution in [3.63, 3.8) is 0 Å². The predicted molar refractivity (Wildman–Crippen MR) is 71.2 cm³/mol. The van der Waals surface area contributed by atoms with Crippen molar-refractivity contribution in [2.45, 2.75) is 26.3 Å². The summed E-state index contributed by atoms with van der Waals surface area (Å²) in [6, 6.07) is 0.172. The predicted octanol–water partition coefficient (Wildman–Crippen LogP) is 1.20. The standard InChI is InChI=1S/C12H22N2O2.ClH/c1-4-7-16-8-11(15)14-6-5-10(13)12(2,3)9-14;/h4,10H,1,5-9,13H2,2-3H3;1H. The van der Waals surface area contributed by atoms with E-state index in [1.807, 2.05) is 4.90 Å². The molecule has 0 aromatic heterocycles. The van der Waals surface area contributed by atoms with Gasteiger partial charge in [-0.1, -0.05) is 19.9 Å². The van der Waals surface area contributed by atoms with Crippen LogP contribution in [-0.4, -0.2) is 43.2 Å². The van der Waals surface area contributed by atoms with Crippen molar-refractivity contribution >= 4 is 18.3 Å². The summed E-state index contributed by atoms with van der Waals surface area (Å²) in [4.78, 5) is 13.6. The van der Waals surface area contributed by atoms with Gasteiger partial charge < -0.3 is 15.4 Å². The average Bonchev–Trinajstić information content (AvgIpc) is 2.22. The molecule has 1 saturated heterocycles. The van der Waals surface area contributed by atoms with Gasteiger partial charge in [-0.25, -0.2) is 0 Å². The van der Waals surface area contributed by atoms with Crippen LogP contribution in [0.4, 0.5) is 0 Å². The van der Waals surface area contributed by atoms with Crippen LogP contribution in [0.3, 0.4) is 0 Å². The minimum Gasteiger partial charge on any atom is -0.368 e. The monoisotopic (exact) mass is 262 g/mol. The second kappa shape index (κ2) is 6.99. The molecule has 0 saturated carbocycles. The molecule has 1 rings (SSSR count). The van der Waals surface area contributed by atoms with E-state index in [0.29, 0.717) is 13.2 Å². The molecule has 17 heavy (non-hydrogen) atoms. The van der Waals surface area contributed by atoms with E-state index in [1.165, 1.54) is 0 Å². The summed E-state index contributed by atoms with van der Waals surface area (Å²) < 4.78 is 5.15. The van der Waals surface area contributed by atoms with Crippen LogP contribution < -0.4 is 5.73 Å². The van der Waals surface area contributed by atoms with Gasteiger partial charge in [0.15, 0.2) is 0 Å². The van der Waals surface area contributed by atoms with Gasteiger partial charge in [-0.3, -0.25) is 4.79 Å². The highest BCUT2D eigenvalue weighted by Crippen LogP contribution is 2.27. The molecule has 0 aliphatic carbocycles. The van der Waals surface area contributed by atoms with E-state index < -0.39 is 0 Å². The fourth-order valence-electron chi connectivity index (χ4n) is 1.91. The van der Waals surface area contributed by atoms with Crippen LogP contribution in [-0.2, 0) is 9.53 Å². The first-order chi connectivity index (χ1) is 7.47. The molecular formula is C12H23ClN2O2. The molecule has 2 N–H and O–H groups in total. The van der Waals surface area contributed by atoms with Gasteiger partial charge in [0.25, 0.3) is 0 Å². The highest BCUT2D eigenvalue weighted by Gasteiger charge is 2.35. The van der Waals surface area contributed by atoms with Gasteiger partial charge in [0, 0.05) is 19.1 Å². The quantitative estimate of drug-likeness (QED) is 0.612. The second-order valence-electron chi connectivity index (χ2n) is 5.00. The Kier molecular flexibility index (Phi) is 6.75. The zero-order valence-corrected chi connectivity index (χ0v) is 11.5. The molecule has 1 aliphatic heterocycles. The molecule has 1 unspecified atom stereocenters. The summed E-state index contributed by atoms with van der Waals surface area (Å²) in [5.74, 6) is 0.0434. The average molecular weight is 263 g/mol. The van der Waals surface area contributed by atoms with Crippen molar-refractivity contribution in [2.24, 2.45) is 11.1 Å². The van der Waals surface area contributed by atoms with Gasteiger partial charge in [0.1, 0.15) is 6.61 Å².